The largest absolute Gasteiger partial charge is 0.463 e. The van der Waals surface area contributed by atoms with Crippen LogP contribution in [0.4, 0.5) is 0 Å². The smallest absolute Gasteiger partial charge is 0.374 e. The highest BCUT2D eigenvalue weighted by molar-refractivity contribution is 6.34. The molecule has 0 aliphatic carbocycles. The number of hydrogen-bond donors (Lipinski definition) is 0. The third-order valence-electron chi connectivity index (χ3n) is 0.780. The number of ether oxygens (including phenoxy) is 1. The summed E-state index contributed by atoms with van der Waals surface area (Å²) in [5, 5.41) is 0. The molecule has 9 heavy (non-hydrogen) atoms. The molecule has 0 aromatic carbocycles. The summed E-state index contributed by atoms with van der Waals surface area (Å²) in [6.45, 7) is -1.27. The molecule has 52 valence electrons. The van der Waals surface area contributed by atoms with E-state index in [9.17, 15) is 9.59 Å². The van der Waals surface area contributed by atoms with Crippen molar-refractivity contribution in [1.29, 1.82) is 0 Å². The maximum Gasteiger partial charge on any atom is 0.374 e. The lowest BCUT2D eigenvalue weighted by Gasteiger charge is -1.98. The molecule has 0 N–H and O–H groups in total. The summed E-state index contributed by atoms with van der Waals surface area (Å²) in [7, 11) is 1.03. The lowest BCUT2D eigenvalue weighted by atomic mass is 10.1. The molecule has 0 radical (unpaired) electrons. The van der Waals surface area contributed by atoms with Gasteiger partial charge in [-0.1, -0.05) is 13.8 Å². The zero-order valence-corrected chi connectivity index (χ0v) is 5.30. The molecule has 0 aromatic rings. The second-order valence-corrected chi connectivity index (χ2v) is 1.58. The van der Waals surface area contributed by atoms with Crippen LogP contribution in [0.1, 0.15) is 17.9 Å². The minimum absolute atomic E-state index is 1.02. The van der Waals surface area contributed by atoms with Gasteiger partial charge in [-0.2, -0.15) is 0 Å². The Balaban J connectivity index is 4.41. The van der Waals surface area contributed by atoms with E-state index in [1.807, 2.05) is 0 Å². The lowest BCUT2D eigenvalue weighted by molar-refractivity contribution is -0.153. The van der Waals surface area contributed by atoms with E-state index in [-0.39, 0.29) is 0 Å². The first-order valence-corrected chi connectivity index (χ1v) is 2.43. The maximum absolute atomic E-state index is 10.9. The first kappa shape index (κ1) is 4.04. The van der Waals surface area contributed by atoms with E-state index in [0.717, 1.165) is 7.11 Å². The number of carbonyl (C=O) groups excluding carboxylic acids is 2. The van der Waals surface area contributed by atoms with Gasteiger partial charge >= 0.3 is 5.97 Å². The van der Waals surface area contributed by atoms with Crippen LogP contribution >= 0.6 is 0 Å². The van der Waals surface area contributed by atoms with E-state index >= 15 is 0 Å². The van der Waals surface area contributed by atoms with Crippen molar-refractivity contribution in [2.75, 3.05) is 7.11 Å². The molecule has 0 saturated carbocycles. The third-order valence-corrected chi connectivity index (χ3v) is 0.780. The maximum atomic E-state index is 10.9. The lowest BCUT2D eigenvalue weighted by Crippen LogP contribution is -2.20. The molecule has 1 atom stereocenters. The van der Waals surface area contributed by atoms with Gasteiger partial charge in [0.2, 0.25) is 5.78 Å². The summed E-state index contributed by atoms with van der Waals surface area (Å²) in [6.07, 6.45) is 0. The molecule has 0 spiro atoms. The van der Waals surface area contributed by atoms with Crippen molar-refractivity contribution < 1.29 is 18.4 Å². The third kappa shape index (κ3) is 2.26. The summed E-state index contributed by atoms with van der Waals surface area (Å²) >= 11 is 0. The minimum atomic E-state index is -2.44. The Morgan fingerprint density at radius 1 is 1.67 bits per heavy atom. The van der Waals surface area contributed by atoms with Crippen molar-refractivity contribution in [2.24, 2.45) is 5.92 Å². The van der Waals surface area contributed by atoms with Crippen LogP contribution in [0.5, 0.6) is 0 Å². The Kier molecular flexibility index (Phi) is 1.44. The number of carbonyl (C=O) groups is 2. The van der Waals surface area contributed by atoms with Gasteiger partial charge in [0.05, 0.1) is 7.11 Å². The zero-order chi connectivity index (χ0) is 9.94. The predicted octanol–water partition coefficient (Wildman–Crippen LogP) is 0.384. The van der Waals surface area contributed by atoms with Gasteiger partial charge in [0.25, 0.3) is 0 Å². The van der Waals surface area contributed by atoms with E-state index in [1.165, 1.54) is 6.92 Å². The van der Waals surface area contributed by atoms with Crippen molar-refractivity contribution in [3.05, 3.63) is 0 Å². The van der Waals surface area contributed by atoms with Crippen molar-refractivity contribution in [1.82, 2.24) is 0 Å². The second kappa shape index (κ2) is 3.22. The molecule has 0 aliphatic rings. The quantitative estimate of drug-likeness (QED) is 0.404. The highest BCUT2D eigenvalue weighted by Crippen LogP contribution is 1.94. The molecule has 0 aromatic heterocycles. The van der Waals surface area contributed by atoms with Crippen LogP contribution in [0.25, 0.3) is 0 Å². The highest BCUT2D eigenvalue weighted by Gasteiger charge is 2.16. The molecule has 1 unspecified atom stereocenters. The fourth-order valence-corrected chi connectivity index (χ4v) is 0.277. The molecule has 0 amide bonds. The van der Waals surface area contributed by atoms with Crippen LogP contribution in [-0.4, -0.2) is 18.9 Å². The number of Topliss-reactive ketones (excluding diaryl/α,β-unsaturated/α-hetero) is 1. The Hall–Kier alpha value is -0.860. The van der Waals surface area contributed by atoms with Gasteiger partial charge in [0.15, 0.2) is 0 Å². The summed E-state index contributed by atoms with van der Waals surface area (Å²) in [5.41, 5.74) is 0. The van der Waals surface area contributed by atoms with E-state index in [4.69, 9.17) is 4.11 Å². The van der Waals surface area contributed by atoms with E-state index < -0.39 is 24.5 Å². The molecule has 3 nitrogen and oxygen atoms in total. The standard InChI is InChI=1S/C6H10O3/c1-4(2)5(7)6(8)9-3/h4H,1-3H3/i1D3. The Labute approximate surface area is 58.2 Å². The molecule has 0 saturated heterocycles. The van der Waals surface area contributed by atoms with Gasteiger partial charge < -0.3 is 4.74 Å². The molecule has 0 heterocycles. The zero-order valence-electron chi connectivity index (χ0n) is 8.30. The van der Waals surface area contributed by atoms with Crippen LogP contribution in [0.2, 0.25) is 0 Å². The Morgan fingerprint density at radius 3 is 2.56 bits per heavy atom. The molecule has 0 rings (SSSR count). The topological polar surface area (TPSA) is 43.4 Å². The monoisotopic (exact) mass is 133 g/mol. The van der Waals surface area contributed by atoms with Gasteiger partial charge in [0, 0.05) is 10.0 Å². The van der Waals surface area contributed by atoms with Crippen molar-refractivity contribution >= 4 is 11.8 Å². The van der Waals surface area contributed by atoms with Crippen molar-refractivity contribution in [2.45, 2.75) is 13.8 Å². The Morgan fingerprint density at radius 2 is 2.22 bits per heavy atom. The molecule has 0 bridgehead atoms. The Bertz CT molecular complexity index is 197. The highest BCUT2D eigenvalue weighted by atomic mass is 16.5. The summed E-state index contributed by atoms with van der Waals surface area (Å²) in [5.74, 6) is -3.43. The first-order valence-electron chi connectivity index (χ1n) is 3.93. The number of hydrogen-bond acceptors (Lipinski definition) is 3. The number of rotatable bonds is 2. The average Bonchev–Trinajstić information content (AvgIpc) is 1.98. The second-order valence-electron chi connectivity index (χ2n) is 1.58. The van der Waals surface area contributed by atoms with Crippen LogP contribution in [0.3, 0.4) is 0 Å². The summed E-state index contributed by atoms with van der Waals surface area (Å²) < 4.78 is 24.6. The van der Waals surface area contributed by atoms with Gasteiger partial charge in [-0.05, 0) is 0 Å². The van der Waals surface area contributed by atoms with Crippen LogP contribution in [0, 0.1) is 5.92 Å². The van der Waals surface area contributed by atoms with Crippen molar-refractivity contribution in [3.8, 4) is 0 Å². The van der Waals surface area contributed by atoms with Gasteiger partial charge in [-0.15, -0.1) is 0 Å². The van der Waals surface area contributed by atoms with Gasteiger partial charge in [-0.3, -0.25) is 4.79 Å². The van der Waals surface area contributed by atoms with Crippen LogP contribution in [0.15, 0.2) is 0 Å². The van der Waals surface area contributed by atoms with Crippen LogP contribution < -0.4 is 0 Å². The molecular weight excluding hydrogens is 120 g/mol. The molecule has 0 aliphatic heterocycles. The fraction of sp³-hybridized carbons (Fsp3) is 0.667. The summed E-state index contributed by atoms with van der Waals surface area (Å²) in [4.78, 5) is 21.5. The van der Waals surface area contributed by atoms with Crippen LogP contribution in [-0.2, 0) is 14.3 Å². The minimum Gasteiger partial charge on any atom is -0.463 e. The SMILES string of the molecule is [2H]C([2H])([2H])C(C)C(=O)C(=O)OC. The van der Waals surface area contributed by atoms with E-state index in [2.05, 4.69) is 4.74 Å². The molecule has 0 fully saturated rings. The number of esters is 1. The summed E-state index contributed by atoms with van der Waals surface area (Å²) in [6, 6.07) is 0. The predicted molar refractivity (Wildman–Crippen MR) is 31.9 cm³/mol. The van der Waals surface area contributed by atoms with Gasteiger partial charge in [0.1, 0.15) is 0 Å². The van der Waals surface area contributed by atoms with E-state index in [1.54, 1.807) is 0 Å². The fourth-order valence-electron chi connectivity index (χ4n) is 0.277. The van der Waals surface area contributed by atoms with E-state index in [0.29, 0.717) is 0 Å². The number of ketones is 1. The normalized spacial score (nSPS) is 18.7. The van der Waals surface area contributed by atoms with Gasteiger partial charge in [-0.25, -0.2) is 4.79 Å². The molecular formula is C6H10O3. The molecule has 3 heteroatoms. The number of methoxy groups -OCH3 is 1. The van der Waals surface area contributed by atoms with Crippen molar-refractivity contribution in [3.63, 3.8) is 0 Å². The first-order chi connectivity index (χ1) is 5.30. The average molecular weight is 133 g/mol.